The Bertz CT molecular complexity index is 389. The fraction of sp³-hybridized carbons (Fsp3) is 0.846. The third-order valence-electron chi connectivity index (χ3n) is 4.25. The van der Waals surface area contributed by atoms with E-state index in [-0.39, 0.29) is 5.41 Å². The van der Waals surface area contributed by atoms with Crippen molar-refractivity contribution >= 4 is 0 Å². The van der Waals surface area contributed by atoms with Crippen LogP contribution in [0.15, 0.2) is 4.52 Å². The molecule has 1 aliphatic carbocycles. The normalized spacial score (nSPS) is 26.1. The molecule has 2 heterocycles. The highest BCUT2D eigenvalue weighted by molar-refractivity contribution is 5.09. The van der Waals surface area contributed by atoms with Gasteiger partial charge < -0.3 is 9.84 Å². The van der Waals surface area contributed by atoms with E-state index in [1.165, 1.54) is 25.7 Å². The van der Waals surface area contributed by atoms with Crippen LogP contribution in [0.4, 0.5) is 0 Å². The van der Waals surface area contributed by atoms with Gasteiger partial charge >= 0.3 is 0 Å². The summed E-state index contributed by atoms with van der Waals surface area (Å²) in [5, 5.41) is 7.60. The number of nitrogens with zero attached hydrogens (tertiary/aromatic N) is 2. The second-order valence-electron chi connectivity index (χ2n) is 6.00. The summed E-state index contributed by atoms with van der Waals surface area (Å²) in [6.07, 6.45) is 4.95. The lowest BCUT2D eigenvalue weighted by Gasteiger charge is -2.34. The maximum Gasteiger partial charge on any atom is 0.232 e. The van der Waals surface area contributed by atoms with E-state index in [1.54, 1.807) is 0 Å². The van der Waals surface area contributed by atoms with Crippen LogP contribution in [0, 0.1) is 5.92 Å². The first-order valence-electron chi connectivity index (χ1n) is 6.72. The standard InChI is InChI=1S/C13H21N3O/c1-13(2,10-4-3-7-14-8-10)12-15-11(16-17-12)9-5-6-9/h9-10,14H,3-8H2,1-2H3. The molecule has 17 heavy (non-hydrogen) atoms. The van der Waals surface area contributed by atoms with Crippen molar-refractivity contribution < 1.29 is 4.52 Å². The van der Waals surface area contributed by atoms with E-state index in [4.69, 9.17) is 4.52 Å². The zero-order chi connectivity index (χ0) is 11.9. The Morgan fingerprint density at radius 2 is 2.12 bits per heavy atom. The molecule has 1 unspecified atom stereocenters. The monoisotopic (exact) mass is 235 g/mol. The summed E-state index contributed by atoms with van der Waals surface area (Å²) in [6.45, 7) is 6.67. The van der Waals surface area contributed by atoms with Crippen LogP contribution in [0.5, 0.6) is 0 Å². The van der Waals surface area contributed by atoms with Crippen LogP contribution < -0.4 is 5.32 Å². The molecule has 2 aliphatic rings. The lowest BCUT2D eigenvalue weighted by atomic mass is 9.75. The van der Waals surface area contributed by atoms with Crippen molar-refractivity contribution in [2.75, 3.05) is 13.1 Å². The molecule has 0 aromatic carbocycles. The Morgan fingerprint density at radius 1 is 1.29 bits per heavy atom. The summed E-state index contributed by atoms with van der Waals surface area (Å²) < 4.78 is 5.50. The van der Waals surface area contributed by atoms with Gasteiger partial charge in [-0.05, 0) is 44.7 Å². The third-order valence-corrected chi connectivity index (χ3v) is 4.25. The molecule has 1 atom stereocenters. The van der Waals surface area contributed by atoms with Gasteiger partial charge in [-0.3, -0.25) is 0 Å². The summed E-state index contributed by atoms with van der Waals surface area (Å²) in [4.78, 5) is 4.61. The van der Waals surface area contributed by atoms with Crippen LogP contribution in [0.25, 0.3) is 0 Å². The number of piperidine rings is 1. The number of nitrogens with one attached hydrogen (secondary N) is 1. The zero-order valence-corrected chi connectivity index (χ0v) is 10.7. The van der Waals surface area contributed by atoms with Gasteiger partial charge in [-0.15, -0.1) is 0 Å². The first-order valence-corrected chi connectivity index (χ1v) is 6.72. The minimum Gasteiger partial charge on any atom is -0.339 e. The molecule has 1 aromatic heterocycles. The quantitative estimate of drug-likeness (QED) is 0.872. The van der Waals surface area contributed by atoms with E-state index in [0.29, 0.717) is 11.8 Å². The molecule has 0 bridgehead atoms. The Hall–Kier alpha value is -0.900. The third kappa shape index (κ3) is 2.10. The molecule has 1 aromatic rings. The summed E-state index contributed by atoms with van der Waals surface area (Å²) in [6, 6.07) is 0. The van der Waals surface area contributed by atoms with Crippen molar-refractivity contribution in [2.45, 2.75) is 50.9 Å². The van der Waals surface area contributed by atoms with Crippen molar-refractivity contribution in [3.8, 4) is 0 Å². The average molecular weight is 235 g/mol. The van der Waals surface area contributed by atoms with Crippen molar-refractivity contribution in [1.82, 2.24) is 15.5 Å². The first kappa shape index (κ1) is 11.2. The van der Waals surface area contributed by atoms with Crippen molar-refractivity contribution in [3.63, 3.8) is 0 Å². The summed E-state index contributed by atoms with van der Waals surface area (Å²) in [5.41, 5.74) is -0.00639. The SMILES string of the molecule is CC(C)(c1nc(C2CC2)no1)C1CCCNC1. The highest BCUT2D eigenvalue weighted by atomic mass is 16.5. The first-order chi connectivity index (χ1) is 8.18. The number of rotatable bonds is 3. The summed E-state index contributed by atoms with van der Waals surface area (Å²) in [7, 11) is 0. The lowest BCUT2D eigenvalue weighted by Crippen LogP contribution is -2.40. The second kappa shape index (κ2) is 4.09. The highest BCUT2D eigenvalue weighted by Gasteiger charge is 2.38. The molecule has 0 radical (unpaired) electrons. The predicted molar refractivity (Wildman–Crippen MR) is 64.9 cm³/mol. The highest BCUT2D eigenvalue weighted by Crippen LogP contribution is 2.40. The maximum atomic E-state index is 5.50. The molecule has 1 saturated carbocycles. The Kier molecular flexibility index (Phi) is 2.69. The van der Waals surface area contributed by atoms with Gasteiger partial charge in [0, 0.05) is 11.3 Å². The lowest BCUT2D eigenvalue weighted by molar-refractivity contribution is 0.196. The number of hydrogen-bond acceptors (Lipinski definition) is 4. The Balaban J connectivity index is 1.78. The maximum absolute atomic E-state index is 5.50. The van der Waals surface area contributed by atoms with Gasteiger partial charge in [0.25, 0.3) is 0 Å². The van der Waals surface area contributed by atoms with E-state index >= 15 is 0 Å². The van der Waals surface area contributed by atoms with E-state index < -0.39 is 0 Å². The fourth-order valence-electron chi connectivity index (χ4n) is 2.65. The van der Waals surface area contributed by atoms with E-state index in [1.807, 2.05) is 0 Å². The van der Waals surface area contributed by atoms with Crippen LogP contribution >= 0.6 is 0 Å². The Labute approximate surface area is 102 Å². The summed E-state index contributed by atoms with van der Waals surface area (Å²) >= 11 is 0. The fourth-order valence-corrected chi connectivity index (χ4v) is 2.65. The topological polar surface area (TPSA) is 51.0 Å². The van der Waals surface area contributed by atoms with Gasteiger partial charge in [0.1, 0.15) is 0 Å². The minimum absolute atomic E-state index is 0.00639. The van der Waals surface area contributed by atoms with Gasteiger partial charge in [-0.2, -0.15) is 4.98 Å². The molecule has 0 spiro atoms. The van der Waals surface area contributed by atoms with Crippen LogP contribution in [-0.2, 0) is 5.41 Å². The molecule has 2 fully saturated rings. The van der Waals surface area contributed by atoms with Gasteiger partial charge in [-0.25, -0.2) is 0 Å². The van der Waals surface area contributed by atoms with Gasteiger partial charge in [0.05, 0.1) is 0 Å². The average Bonchev–Trinajstić information content (AvgIpc) is 3.08. The molecular weight excluding hydrogens is 214 g/mol. The molecule has 4 heteroatoms. The molecule has 1 aliphatic heterocycles. The van der Waals surface area contributed by atoms with Crippen molar-refractivity contribution in [3.05, 3.63) is 11.7 Å². The molecule has 0 amide bonds. The Morgan fingerprint density at radius 3 is 2.76 bits per heavy atom. The minimum atomic E-state index is -0.00639. The number of hydrogen-bond donors (Lipinski definition) is 1. The molecule has 4 nitrogen and oxygen atoms in total. The van der Waals surface area contributed by atoms with Crippen LogP contribution in [-0.4, -0.2) is 23.2 Å². The van der Waals surface area contributed by atoms with Gasteiger partial charge in [-0.1, -0.05) is 19.0 Å². The molecule has 3 rings (SSSR count). The molecule has 1 N–H and O–H groups in total. The predicted octanol–water partition coefficient (Wildman–Crippen LogP) is 2.22. The zero-order valence-electron chi connectivity index (χ0n) is 10.7. The molecular formula is C13H21N3O. The second-order valence-corrected chi connectivity index (χ2v) is 6.00. The van der Waals surface area contributed by atoms with Gasteiger partial charge in [0.15, 0.2) is 5.82 Å². The summed E-state index contributed by atoms with van der Waals surface area (Å²) in [5.74, 6) is 2.93. The smallest absolute Gasteiger partial charge is 0.232 e. The van der Waals surface area contributed by atoms with E-state index in [0.717, 1.165) is 24.8 Å². The number of aromatic nitrogens is 2. The van der Waals surface area contributed by atoms with Crippen LogP contribution in [0.1, 0.15) is 57.2 Å². The van der Waals surface area contributed by atoms with E-state index in [2.05, 4.69) is 29.3 Å². The van der Waals surface area contributed by atoms with Crippen molar-refractivity contribution in [2.24, 2.45) is 5.92 Å². The molecule has 94 valence electrons. The molecule has 1 saturated heterocycles. The van der Waals surface area contributed by atoms with Crippen LogP contribution in [0.2, 0.25) is 0 Å². The van der Waals surface area contributed by atoms with Gasteiger partial charge in [0.2, 0.25) is 5.89 Å². The largest absolute Gasteiger partial charge is 0.339 e. The van der Waals surface area contributed by atoms with Crippen molar-refractivity contribution in [1.29, 1.82) is 0 Å². The van der Waals surface area contributed by atoms with E-state index in [9.17, 15) is 0 Å². The van der Waals surface area contributed by atoms with Crippen LogP contribution in [0.3, 0.4) is 0 Å².